The number of hydrogen-bond acceptors (Lipinski definition) is 6. The van der Waals surface area contributed by atoms with Crippen LogP contribution in [0.15, 0.2) is 43.1 Å². The van der Waals surface area contributed by atoms with Crippen LogP contribution in [0.1, 0.15) is 6.42 Å². The van der Waals surface area contributed by atoms with Crippen LogP contribution in [0.5, 0.6) is 0 Å². The number of amides is 1. The molecule has 0 bridgehead atoms. The third-order valence-corrected chi connectivity index (χ3v) is 4.30. The maximum absolute atomic E-state index is 12.6. The third-order valence-electron chi connectivity index (χ3n) is 4.30. The Kier molecular flexibility index (Phi) is 5.23. The molecular formula is C18H17F3N4O3. The van der Waals surface area contributed by atoms with Gasteiger partial charge in [-0.05, 0) is 42.1 Å². The van der Waals surface area contributed by atoms with Crippen LogP contribution in [0.25, 0.3) is 10.8 Å². The first-order valence-electron chi connectivity index (χ1n) is 8.33. The zero-order valence-electron chi connectivity index (χ0n) is 14.6. The Balaban J connectivity index is 1.94. The molecule has 1 aliphatic heterocycles. The van der Waals surface area contributed by atoms with Gasteiger partial charge in [-0.25, -0.2) is 9.78 Å². The Labute approximate surface area is 158 Å². The van der Waals surface area contributed by atoms with E-state index in [9.17, 15) is 22.8 Å². The minimum absolute atomic E-state index is 0.276. The van der Waals surface area contributed by atoms with Gasteiger partial charge in [0.1, 0.15) is 5.82 Å². The molecule has 1 aromatic carbocycles. The second-order valence-corrected chi connectivity index (χ2v) is 6.20. The van der Waals surface area contributed by atoms with Gasteiger partial charge in [0.15, 0.2) is 6.23 Å². The Bertz CT molecular complexity index is 932. The average Bonchev–Trinajstić information content (AvgIpc) is 3.00. The van der Waals surface area contributed by atoms with Gasteiger partial charge in [0, 0.05) is 23.8 Å². The molecule has 3 N–H and O–H groups in total. The second kappa shape index (κ2) is 7.47. The van der Waals surface area contributed by atoms with Crippen molar-refractivity contribution in [2.75, 3.05) is 16.8 Å². The Morgan fingerprint density at radius 1 is 1.36 bits per heavy atom. The molecule has 2 heterocycles. The number of aromatic nitrogens is 1. The largest absolute Gasteiger partial charge is 0.491 e. The van der Waals surface area contributed by atoms with E-state index in [0.717, 1.165) is 6.08 Å². The van der Waals surface area contributed by atoms with E-state index in [1.807, 2.05) is 0 Å². The molecule has 1 fully saturated rings. The number of nitrogens with two attached hydrogens (primary N) is 1. The summed E-state index contributed by atoms with van der Waals surface area (Å²) in [7, 11) is 0. The molecule has 2 atom stereocenters. The summed E-state index contributed by atoms with van der Waals surface area (Å²) < 4.78 is 42.4. The number of pyridine rings is 1. The molecule has 1 aliphatic rings. The van der Waals surface area contributed by atoms with Crippen LogP contribution in [-0.2, 0) is 14.3 Å². The fourth-order valence-corrected chi connectivity index (χ4v) is 3.00. The van der Waals surface area contributed by atoms with Crippen LogP contribution >= 0.6 is 0 Å². The first-order chi connectivity index (χ1) is 13.2. The lowest BCUT2D eigenvalue weighted by Gasteiger charge is -2.28. The smallest absolute Gasteiger partial charge is 0.433 e. The van der Waals surface area contributed by atoms with E-state index in [0.29, 0.717) is 28.7 Å². The number of halogens is 3. The summed E-state index contributed by atoms with van der Waals surface area (Å²) in [6.45, 7) is 3.66. The van der Waals surface area contributed by atoms with Gasteiger partial charge in [-0.1, -0.05) is 6.58 Å². The van der Waals surface area contributed by atoms with E-state index in [1.165, 1.54) is 11.1 Å². The summed E-state index contributed by atoms with van der Waals surface area (Å²) in [6, 6.07) is 5.89. The van der Waals surface area contributed by atoms with Gasteiger partial charge in [-0.2, -0.15) is 13.2 Å². The van der Waals surface area contributed by atoms with Gasteiger partial charge in [0.25, 0.3) is 0 Å². The number of nitrogens with one attached hydrogen (secondary N) is 1. The molecule has 1 saturated heterocycles. The molecular weight excluding hydrogens is 377 g/mol. The molecule has 0 spiro atoms. The summed E-state index contributed by atoms with van der Waals surface area (Å²) in [5.41, 5.74) is 6.39. The zero-order valence-corrected chi connectivity index (χ0v) is 14.6. The van der Waals surface area contributed by atoms with Crippen molar-refractivity contribution < 1.29 is 27.5 Å². The fourth-order valence-electron chi connectivity index (χ4n) is 3.00. The van der Waals surface area contributed by atoms with E-state index in [-0.39, 0.29) is 12.5 Å². The molecule has 28 heavy (non-hydrogen) atoms. The van der Waals surface area contributed by atoms with Gasteiger partial charge in [0.2, 0.25) is 5.91 Å². The van der Waals surface area contributed by atoms with Crippen molar-refractivity contribution in [1.29, 1.82) is 0 Å². The molecule has 0 radical (unpaired) electrons. The van der Waals surface area contributed by atoms with Gasteiger partial charge in [-0.3, -0.25) is 4.79 Å². The molecule has 2 aromatic rings. The number of esters is 1. The van der Waals surface area contributed by atoms with Crippen LogP contribution in [0, 0.1) is 0 Å². The number of fused-ring (bicyclic) bond motifs is 1. The lowest BCUT2D eigenvalue weighted by Crippen LogP contribution is -2.45. The highest BCUT2D eigenvalue weighted by atomic mass is 19.4. The van der Waals surface area contributed by atoms with Crippen molar-refractivity contribution in [3.05, 3.63) is 43.1 Å². The summed E-state index contributed by atoms with van der Waals surface area (Å²) in [5, 5.41) is 3.93. The van der Waals surface area contributed by atoms with Crippen molar-refractivity contribution in [1.82, 2.24) is 4.98 Å². The highest BCUT2D eigenvalue weighted by Crippen LogP contribution is 2.32. The molecule has 1 unspecified atom stereocenters. The molecule has 1 aromatic heterocycles. The minimum atomic E-state index is -5.11. The number of rotatable bonds is 4. The zero-order chi connectivity index (χ0) is 20.5. The molecule has 1 amide bonds. The summed E-state index contributed by atoms with van der Waals surface area (Å²) >= 11 is 0. The predicted molar refractivity (Wildman–Crippen MR) is 96.4 cm³/mol. The average molecular weight is 394 g/mol. The van der Waals surface area contributed by atoms with Crippen LogP contribution in [0.3, 0.4) is 0 Å². The number of carbonyl (C=O) groups excluding carboxylic acids is 2. The summed E-state index contributed by atoms with van der Waals surface area (Å²) in [6.07, 6.45) is -3.46. The maximum Gasteiger partial charge on any atom is 0.491 e. The number of alkyl halides is 3. The SMILES string of the molecule is C=CC(=O)Nc1ccc2c(N3CC[C@@H](N)C3OC(=O)C(F)(F)F)nccc2c1. The van der Waals surface area contributed by atoms with Crippen molar-refractivity contribution in [2.45, 2.75) is 24.9 Å². The first kappa shape index (κ1) is 19.6. The third kappa shape index (κ3) is 3.91. The molecule has 3 rings (SSSR count). The Morgan fingerprint density at radius 3 is 2.79 bits per heavy atom. The van der Waals surface area contributed by atoms with Crippen molar-refractivity contribution in [3.63, 3.8) is 0 Å². The highest BCUT2D eigenvalue weighted by molar-refractivity contribution is 6.01. The van der Waals surface area contributed by atoms with Crippen LogP contribution in [0.4, 0.5) is 24.7 Å². The Morgan fingerprint density at radius 2 is 2.11 bits per heavy atom. The monoisotopic (exact) mass is 394 g/mol. The second-order valence-electron chi connectivity index (χ2n) is 6.20. The molecule has 0 saturated carbocycles. The Hall–Kier alpha value is -3.14. The van der Waals surface area contributed by atoms with E-state index in [4.69, 9.17) is 5.73 Å². The topological polar surface area (TPSA) is 97.5 Å². The van der Waals surface area contributed by atoms with Crippen molar-refractivity contribution >= 4 is 34.2 Å². The van der Waals surface area contributed by atoms with Crippen LogP contribution in [0.2, 0.25) is 0 Å². The van der Waals surface area contributed by atoms with E-state index >= 15 is 0 Å². The van der Waals surface area contributed by atoms with Gasteiger partial charge < -0.3 is 20.7 Å². The van der Waals surface area contributed by atoms with Gasteiger partial charge in [0.05, 0.1) is 6.04 Å². The van der Waals surface area contributed by atoms with Crippen molar-refractivity contribution in [2.24, 2.45) is 5.73 Å². The highest BCUT2D eigenvalue weighted by Gasteiger charge is 2.46. The van der Waals surface area contributed by atoms with E-state index in [1.54, 1.807) is 24.3 Å². The summed E-state index contributed by atoms with van der Waals surface area (Å²) in [5.74, 6) is -2.33. The molecule has 10 heteroatoms. The summed E-state index contributed by atoms with van der Waals surface area (Å²) in [4.78, 5) is 28.4. The first-order valence-corrected chi connectivity index (χ1v) is 8.33. The predicted octanol–water partition coefficient (Wildman–Crippen LogP) is 2.33. The molecule has 148 valence electrons. The minimum Gasteiger partial charge on any atom is -0.433 e. The van der Waals surface area contributed by atoms with Crippen LogP contribution in [-0.4, -0.2) is 41.9 Å². The number of hydrogen-bond donors (Lipinski definition) is 2. The lowest BCUT2D eigenvalue weighted by molar-refractivity contribution is -0.204. The lowest BCUT2D eigenvalue weighted by atomic mass is 10.1. The number of anilines is 2. The number of benzene rings is 1. The molecule has 7 nitrogen and oxygen atoms in total. The van der Waals surface area contributed by atoms with E-state index in [2.05, 4.69) is 21.6 Å². The quantitative estimate of drug-likeness (QED) is 0.610. The van der Waals surface area contributed by atoms with Gasteiger partial charge in [-0.15, -0.1) is 0 Å². The fraction of sp³-hybridized carbons (Fsp3) is 0.278. The number of carbonyl (C=O) groups is 2. The number of ether oxygens (including phenoxy) is 1. The number of nitrogens with zero attached hydrogens (tertiary/aromatic N) is 2. The van der Waals surface area contributed by atoms with Crippen LogP contribution < -0.4 is 16.0 Å². The standard InChI is InChI=1S/C18H17F3N4O3/c1-2-14(26)24-11-3-4-12-10(9-11)5-7-23-15(12)25-8-6-13(22)16(25)28-17(27)18(19,20)21/h2-5,7,9,13,16H,1,6,8,22H2,(H,24,26)/t13-,16?/m1/s1. The molecule has 0 aliphatic carbocycles. The van der Waals surface area contributed by atoms with Gasteiger partial charge >= 0.3 is 12.1 Å². The maximum atomic E-state index is 12.6. The van der Waals surface area contributed by atoms with E-state index < -0.39 is 24.4 Å². The normalized spacial score (nSPS) is 19.5. The van der Waals surface area contributed by atoms with Crippen molar-refractivity contribution in [3.8, 4) is 0 Å².